The summed E-state index contributed by atoms with van der Waals surface area (Å²) in [6.45, 7) is 7.66. The van der Waals surface area contributed by atoms with E-state index in [-0.39, 0.29) is 5.69 Å². The third-order valence-electron chi connectivity index (χ3n) is 3.70. The van der Waals surface area contributed by atoms with Crippen molar-refractivity contribution in [2.24, 2.45) is 0 Å². The van der Waals surface area contributed by atoms with Crippen LogP contribution in [-0.4, -0.2) is 23.2 Å². The molecule has 0 amide bonds. The number of hydrogen-bond donors (Lipinski definition) is 0. The number of benzene rings is 1. The van der Waals surface area contributed by atoms with Crippen molar-refractivity contribution >= 4 is 29.9 Å². The van der Waals surface area contributed by atoms with Gasteiger partial charge in [0.2, 0.25) is 0 Å². The molecule has 19 heavy (non-hydrogen) atoms. The van der Waals surface area contributed by atoms with Gasteiger partial charge in [0.05, 0.1) is 16.1 Å². The Bertz CT molecular complexity index is 516. The molecule has 0 unspecified atom stereocenters. The summed E-state index contributed by atoms with van der Waals surface area (Å²) in [4.78, 5) is 10.3. The Hall–Kier alpha value is -1.11. The smallest absolute Gasteiger partial charge is 0.399 e. The van der Waals surface area contributed by atoms with Crippen LogP contribution >= 0.6 is 11.6 Å². The third-order valence-corrected chi connectivity index (χ3v) is 4.04. The van der Waals surface area contributed by atoms with E-state index < -0.39 is 23.2 Å². The van der Waals surface area contributed by atoms with Crippen LogP contribution in [0.1, 0.15) is 27.7 Å². The minimum atomic E-state index is -0.697. The summed E-state index contributed by atoms with van der Waals surface area (Å²) in [6, 6.07) is 4.24. The number of rotatable bonds is 2. The van der Waals surface area contributed by atoms with Crippen molar-refractivity contribution in [3.8, 4) is 0 Å². The molecule has 0 atom stereocenters. The summed E-state index contributed by atoms with van der Waals surface area (Å²) in [5.74, 6) is 0. The Labute approximate surface area is 117 Å². The lowest BCUT2D eigenvalue weighted by Crippen LogP contribution is -2.41. The second kappa shape index (κ2) is 4.47. The van der Waals surface area contributed by atoms with E-state index in [0.29, 0.717) is 10.5 Å². The lowest BCUT2D eigenvalue weighted by molar-refractivity contribution is -0.384. The fourth-order valence-corrected chi connectivity index (χ4v) is 2.00. The molecule has 0 aliphatic carbocycles. The number of non-ortho nitro benzene ring substituents is 1. The number of halogens is 1. The van der Waals surface area contributed by atoms with Crippen LogP contribution in [0.2, 0.25) is 5.02 Å². The molecule has 1 aromatic carbocycles. The van der Waals surface area contributed by atoms with E-state index in [1.54, 1.807) is 0 Å². The molecule has 0 saturated carbocycles. The topological polar surface area (TPSA) is 61.6 Å². The molecule has 1 aliphatic heterocycles. The van der Waals surface area contributed by atoms with Gasteiger partial charge >= 0.3 is 7.12 Å². The maximum absolute atomic E-state index is 10.8. The molecular weight excluding hydrogens is 268 g/mol. The second-order valence-corrected chi connectivity index (χ2v) is 5.96. The average Bonchev–Trinajstić information content (AvgIpc) is 2.48. The van der Waals surface area contributed by atoms with Crippen LogP contribution in [-0.2, 0) is 9.31 Å². The fraction of sp³-hybridized carbons (Fsp3) is 0.500. The molecular formula is C12H15BClNO4. The van der Waals surface area contributed by atoms with Gasteiger partial charge in [-0.05, 0) is 33.8 Å². The molecule has 1 fully saturated rings. The van der Waals surface area contributed by atoms with Crippen LogP contribution < -0.4 is 5.46 Å². The summed E-state index contributed by atoms with van der Waals surface area (Å²) in [5, 5.41) is 11.2. The summed E-state index contributed by atoms with van der Waals surface area (Å²) in [6.07, 6.45) is 0. The second-order valence-electron chi connectivity index (χ2n) is 5.55. The maximum atomic E-state index is 10.8. The van der Waals surface area contributed by atoms with E-state index >= 15 is 0 Å². The van der Waals surface area contributed by atoms with Crippen LogP contribution in [0.25, 0.3) is 0 Å². The third kappa shape index (κ3) is 2.48. The standard InChI is InChI=1S/C12H15BClNO4/c1-11(2)12(3,4)19-13(18-11)9-7-8(15(16)17)5-6-10(9)14/h5-7H,1-4H3. The Kier molecular flexibility index (Phi) is 3.37. The number of nitro groups is 1. The highest BCUT2D eigenvalue weighted by Crippen LogP contribution is 2.37. The van der Waals surface area contributed by atoms with Crippen molar-refractivity contribution in [3.05, 3.63) is 33.3 Å². The van der Waals surface area contributed by atoms with Crippen molar-refractivity contribution in [1.82, 2.24) is 0 Å². The largest absolute Gasteiger partial charge is 0.496 e. The molecule has 102 valence electrons. The summed E-state index contributed by atoms with van der Waals surface area (Å²) >= 11 is 6.08. The Balaban J connectivity index is 2.39. The lowest BCUT2D eigenvalue weighted by atomic mass is 9.79. The predicted octanol–water partition coefficient (Wildman–Crippen LogP) is 2.55. The molecule has 0 bridgehead atoms. The molecule has 0 aromatic heterocycles. The lowest BCUT2D eigenvalue weighted by Gasteiger charge is -2.32. The first-order chi connectivity index (χ1) is 8.64. The van der Waals surface area contributed by atoms with Gasteiger partial charge in [-0.15, -0.1) is 0 Å². The van der Waals surface area contributed by atoms with E-state index in [1.807, 2.05) is 27.7 Å². The number of hydrogen-bond acceptors (Lipinski definition) is 4. The monoisotopic (exact) mass is 283 g/mol. The van der Waals surface area contributed by atoms with Gasteiger partial charge in [0.25, 0.3) is 5.69 Å². The molecule has 0 radical (unpaired) electrons. The van der Waals surface area contributed by atoms with Crippen molar-refractivity contribution in [2.75, 3.05) is 0 Å². The highest BCUT2D eigenvalue weighted by molar-refractivity contribution is 6.65. The SMILES string of the molecule is CC1(C)OB(c2cc([N+](=O)[O-])ccc2Cl)OC1(C)C. The van der Waals surface area contributed by atoms with Gasteiger partial charge in [-0.2, -0.15) is 0 Å². The van der Waals surface area contributed by atoms with Crippen LogP contribution in [0.15, 0.2) is 18.2 Å². The summed E-state index contributed by atoms with van der Waals surface area (Å²) in [5.41, 5.74) is -0.569. The van der Waals surface area contributed by atoms with Gasteiger partial charge in [0.15, 0.2) is 0 Å². The van der Waals surface area contributed by atoms with Crippen LogP contribution in [0, 0.1) is 10.1 Å². The van der Waals surface area contributed by atoms with Crippen LogP contribution in [0.3, 0.4) is 0 Å². The van der Waals surface area contributed by atoms with Gasteiger partial charge in [0, 0.05) is 22.6 Å². The summed E-state index contributed by atoms with van der Waals surface area (Å²) in [7, 11) is -0.697. The van der Waals surface area contributed by atoms with E-state index in [9.17, 15) is 10.1 Å². The van der Waals surface area contributed by atoms with Gasteiger partial charge < -0.3 is 9.31 Å². The van der Waals surface area contributed by atoms with E-state index in [2.05, 4.69) is 0 Å². The van der Waals surface area contributed by atoms with Crippen molar-refractivity contribution in [3.63, 3.8) is 0 Å². The van der Waals surface area contributed by atoms with Gasteiger partial charge in [-0.1, -0.05) is 11.6 Å². The molecule has 0 N–H and O–H groups in total. The highest BCUT2D eigenvalue weighted by atomic mass is 35.5. The quantitative estimate of drug-likeness (QED) is 0.475. The molecule has 1 heterocycles. The van der Waals surface area contributed by atoms with E-state index in [4.69, 9.17) is 20.9 Å². The first-order valence-corrected chi connectivity index (χ1v) is 6.31. The zero-order chi connectivity index (χ0) is 14.4. The van der Waals surface area contributed by atoms with Crippen molar-refractivity contribution in [2.45, 2.75) is 38.9 Å². The molecule has 1 saturated heterocycles. The normalized spacial score (nSPS) is 20.6. The van der Waals surface area contributed by atoms with Crippen LogP contribution in [0.5, 0.6) is 0 Å². The molecule has 2 rings (SSSR count). The number of nitrogens with zero attached hydrogens (tertiary/aromatic N) is 1. The molecule has 1 aliphatic rings. The zero-order valence-corrected chi connectivity index (χ0v) is 12.0. The maximum Gasteiger partial charge on any atom is 0.496 e. The highest BCUT2D eigenvalue weighted by Gasteiger charge is 2.52. The van der Waals surface area contributed by atoms with E-state index in [1.165, 1.54) is 18.2 Å². The van der Waals surface area contributed by atoms with Gasteiger partial charge in [0.1, 0.15) is 0 Å². The predicted molar refractivity (Wildman–Crippen MR) is 73.8 cm³/mol. The van der Waals surface area contributed by atoms with Crippen molar-refractivity contribution in [1.29, 1.82) is 0 Å². The molecule has 1 aromatic rings. The van der Waals surface area contributed by atoms with Gasteiger partial charge in [-0.3, -0.25) is 10.1 Å². The minimum absolute atomic E-state index is 0.0332. The first kappa shape index (κ1) is 14.3. The molecule has 5 nitrogen and oxygen atoms in total. The van der Waals surface area contributed by atoms with Crippen molar-refractivity contribution < 1.29 is 14.2 Å². The van der Waals surface area contributed by atoms with Crippen LogP contribution in [0.4, 0.5) is 5.69 Å². The Morgan fingerprint density at radius 3 is 2.21 bits per heavy atom. The first-order valence-electron chi connectivity index (χ1n) is 5.93. The summed E-state index contributed by atoms with van der Waals surface area (Å²) < 4.78 is 11.7. The zero-order valence-electron chi connectivity index (χ0n) is 11.3. The Morgan fingerprint density at radius 2 is 1.74 bits per heavy atom. The number of nitro benzene ring substituents is 1. The fourth-order valence-electron chi connectivity index (χ4n) is 1.80. The van der Waals surface area contributed by atoms with Gasteiger partial charge in [-0.25, -0.2) is 0 Å². The Morgan fingerprint density at radius 1 is 1.21 bits per heavy atom. The molecule has 0 spiro atoms. The molecule has 7 heteroatoms. The van der Waals surface area contributed by atoms with E-state index in [0.717, 1.165) is 0 Å². The minimum Gasteiger partial charge on any atom is -0.399 e. The average molecular weight is 284 g/mol.